The van der Waals surface area contributed by atoms with E-state index in [4.69, 9.17) is 5.11 Å². The van der Waals surface area contributed by atoms with Crippen LogP contribution in [0.4, 0.5) is 4.79 Å². The molecule has 0 aliphatic heterocycles. The molecule has 2 amide bonds. The van der Waals surface area contributed by atoms with Gasteiger partial charge in [-0.15, -0.1) is 11.3 Å². The molecule has 6 heteroatoms. The largest absolute Gasteiger partial charge is 0.396 e. The number of carbonyl (C=O) groups excluding carboxylic acids is 1. The minimum Gasteiger partial charge on any atom is -0.396 e. The molecule has 2 atom stereocenters. The van der Waals surface area contributed by atoms with E-state index in [1.54, 1.807) is 11.3 Å². The van der Waals surface area contributed by atoms with Gasteiger partial charge in [0.15, 0.2) is 0 Å². The normalized spacial score (nSPS) is 15.4. The van der Waals surface area contributed by atoms with Crippen molar-refractivity contribution < 1.29 is 9.90 Å². The van der Waals surface area contributed by atoms with Gasteiger partial charge >= 0.3 is 6.03 Å². The second-order valence-electron chi connectivity index (χ2n) is 5.23. The molecule has 3 N–H and O–H groups in total. The van der Waals surface area contributed by atoms with Crippen LogP contribution in [0.15, 0.2) is 6.20 Å². The van der Waals surface area contributed by atoms with Crippen molar-refractivity contribution in [2.75, 3.05) is 6.61 Å². The summed E-state index contributed by atoms with van der Waals surface area (Å²) in [5, 5.41) is 15.8. The summed E-state index contributed by atoms with van der Waals surface area (Å²) in [5.41, 5.74) is -0.379. The first-order valence-corrected chi connectivity index (χ1v) is 7.90. The van der Waals surface area contributed by atoms with Crippen LogP contribution in [0.2, 0.25) is 0 Å². The molecule has 1 aromatic heterocycles. The number of thiazole rings is 1. The minimum absolute atomic E-state index is 0.0620. The van der Waals surface area contributed by atoms with Gasteiger partial charge in [0, 0.05) is 23.2 Å². The molecule has 20 heavy (non-hydrogen) atoms. The maximum absolute atomic E-state index is 12.0. The number of aryl methyl sites for hydroxylation is 1. The van der Waals surface area contributed by atoms with E-state index in [2.05, 4.69) is 22.5 Å². The number of rotatable bonds is 7. The fourth-order valence-corrected chi connectivity index (χ4v) is 2.69. The third-order valence-electron chi connectivity index (χ3n) is 3.50. The molecule has 1 rings (SSSR count). The lowest BCUT2D eigenvalue weighted by Crippen LogP contribution is -2.50. The zero-order valence-corrected chi connectivity index (χ0v) is 13.5. The Bertz CT molecular complexity index is 436. The number of nitrogens with zero attached hydrogens (tertiary/aromatic N) is 1. The molecule has 0 saturated heterocycles. The summed E-state index contributed by atoms with van der Waals surface area (Å²) in [7, 11) is 0. The average Bonchev–Trinajstić information content (AvgIpc) is 2.87. The zero-order chi connectivity index (χ0) is 15.2. The third-order valence-corrected chi connectivity index (χ3v) is 4.82. The van der Waals surface area contributed by atoms with Gasteiger partial charge in [0.25, 0.3) is 0 Å². The van der Waals surface area contributed by atoms with E-state index in [9.17, 15) is 4.79 Å². The van der Waals surface area contributed by atoms with Gasteiger partial charge in [0.1, 0.15) is 5.01 Å². The van der Waals surface area contributed by atoms with Crippen molar-refractivity contribution in [3.8, 4) is 0 Å². The van der Waals surface area contributed by atoms with E-state index >= 15 is 0 Å². The summed E-state index contributed by atoms with van der Waals surface area (Å²) in [4.78, 5) is 17.6. The predicted octanol–water partition coefficient (Wildman–Crippen LogP) is 2.62. The summed E-state index contributed by atoms with van der Waals surface area (Å²) in [6, 6.07) is -0.334. The van der Waals surface area contributed by atoms with E-state index in [-0.39, 0.29) is 24.2 Å². The highest BCUT2D eigenvalue weighted by atomic mass is 32.1. The van der Waals surface area contributed by atoms with Gasteiger partial charge in [0.2, 0.25) is 0 Å². The van der Waals surface area contributed by atoms with Gasteiger partial charge in [-0.3, -0.25) is 0 Å². The van der Waals surface area contributed by atoms with Gasteiger partial charge in [-0.1, -0.05) is 13.8 Å². The summed E-state index contributed by atoms with van der Waals surface area (Å²) in [5.74, 6) is 0. The average molecular weight is 299 g/mol. The minimum atomic E-state index is -0.379. The van der Waals surface area contributed by atoms with E-state index < -0.39 is 0 Å². The second kappa shape index (κ2) is 7.59. The first kappa shape index (κ1) is 16.9. The Kier molecular flexibility index (Phi) is 6.42. The van der Waals surface area contributed by atoms with Crippen LogP contribution >= 0.6 is 11.3 Å². The van der Waals surface area contributed by atoms with Gasteiger partial charge < -0.3 is 15.7 Å². The number of hydrogen-bond acceptors (Lipinski definition) is 4. The first-order valence-electron chi connectivity index (χ1n) is 7.08. The number of nitrogens with one attached hydrogen (secondary N) is 2. The molecule has 1 aromatic rings. The molecule has 1 heterocycles. The second-order valence-corrected chi connectivity index (χ2v) is 6.37. The number of aromatic nitrogens is 1. The number of aliphatic hydroxyl groups excluding tert-OH is 1. The Hall–Kier alpha value is -1.14. The molecule has 0 aliphatic carbocycles. The lowest BCUT2D eigenvalue weighted by molar-refractivity contribution is 0.199. The van der Waals surface area contributed by atoms with Crippen LogP contribution in [-0.2, 0) is 6.42 Å². The monoisotopic (exact) mass is 299 g/mol. The van der Waals surface area contributed by atoms with Crippen LogP contribution in [0.25, 0.3) is 0 Å². The molecule has 0 bridgehead atoms. The predicted molar refractivity (Wildman–Crippen MR) is 82.0 cm³/mol. The third kappa shape index (κ3) is 4.76. The molecule has 0 aromatic carbocycles. The molecule has 0 spiro atoms. The Labute approximate surface area is 124 Å². The van der Waals surface area contributed by atoms with Gasteiger partial charge in [-0.05, 0) is 33.1 Å². The number of urea groups is 1. The molecule has 114 valence electrons. The summed E-state index contributed by atoms with van der Waals surface area (Å²) in [6.45, 7) is 8.00. The van der Waals surface area contributed by atoms with E-state index in [1.165, 1.54) is 4.88 Å². The maximum Gasteiger partial charge on any atom is 0.315 e. The van der Waals surface area contributed by atoms with Crippen molar-refractivity contribution in [3.05, 3.63) is 16.1 Å². The van der Waals surface area contributed by atoms with Gasteiger partial charge in [0.05, 0.1) is 6.04 Å². The Morgan fingerprint density at radius 3 is 2.75 bits per heavy atom. The van der Waals surface area contributed by atoms with Crippen LogP contribution in [0, 0.1) is 0 Å². The molecule has 0 saturated carbocycles. The van der Waals surface area contributed by atoms with Crippen LogP contribution in [0.3, 0.4) is 0 Å². The summed E-state index contributed by atoms with van der Waals surface area (Å²) < 4.78 is 0. The van der Waals surface area contributed by atoms with Gasteiger partial charge in [-0.25, -0.2) is 9.78 Å². The number of carbonyl (C=O) groups is 1. The molecule has 5 nitrogen and oxygen atoms in total. The van der Waals surface area contributed by atoms with E-state index in [1.807, 2.05) is 27.0 Å². The zero-order valence-electron chi connectivity index (χ0n) is 12.7. The molecule has 0 aliphatic rings. The van der Waals surface area contributed by atoms with Crippen molar-refractivity contribution in [2.45, 2.75) is 58.5 Å². The Morgan fingerprint density at radius 1 is 1.55 bits per heavy atom. The molecule has 0 radical (unpaired) electrons. The Balaban J connectivity index is 2.56. The molecule has 2 unspecified atom stereocenters. The number of aliphatic hydroxyl groups is 1. The topological polar surface area (TPSA) is 74.2 Å². The van der Waals surface area contributed by atoms with E-state index in [0.717, 1.165) is 17.8 Å². The molecular formula is C14H25N3O2S. The van der Waals surface area contributed by atoms with Crippen molar-refractivity contribution >= 4 is 17.4 Å². The fraction of sp³-hybridized carbons (Fsp3) is 0.714. The summed E-state index contributed by atoms with van der Waals surface area (Å²) >= 11 is 1.62. The number of hydrogen-bond donors (Lipinski definition) is 3. The van der Waals surface area contributed by atoms with Crippen LogP contribution in [-0.4, -0.2) is 28.3 Å². The first-order chi connectivity index (χ1) is 9.44. The Morgan fingerprint density at radius 2 is 2.25 bits per heavy atom. The van der Waals surface area contributed by atoms with Crippen molar-refractivity contribution in [3.63, 3.8) is 0 Å². The number of amides is 2. The van der Waals surface area contributed by atoms with Crippen molar-refractivity contribution in [2.24, 2.45) is 0 Å². The molecule has 0 fully saturated rings. The van der Waals surface area contributed by atoms with Gasteiger partial charge in [-0.2, -0.15) is 0 Å². The lowest BCUT2D eigenvalue weighted by Gasteiger charge is -2.29. The highest BCUT2D eigenvalue weighted by Gasteiger charge is 2.24. The highest BCUT2D eigenvalue weighted by molar-refractivity contribution is 7.11. The van der Waals surface area contributed by atoms with Crippen LogP contribution in [0.5, 0.6) is 0 Å². The molecular weight excluding hydrogens is 274 g/mol. The van der Waals surface area contributed by atoms with E-state index in [0.29, 0.717) is 6.42 Å². The maximum atomic E-state index is 12.0. The highest BCUT2D eigenvalue weighted by Crippen LogP contribution is 2.20. The quantitative estimate of drug-likeness (QED) is 0.724. The summed E-state index contributed by atoms with van der Waals surface area (Å²) in [6.07, 6.45) is 4.13. The van der Waals surface area contributed by atoms with Crippen LogP contribution < -0.4 is 10.6 Å². The van der Waals surface area contributed by atoms with Crippen molar-refractivity contribution in [1.82, 2.24) is 15.6 Å². The fourth-order valence-electron chi connectivity index (χ4n) is 1.83. The van der Waals surface area contributed by atoms with Crippen molar-refractivity contribution in [1.29, 1.82) is 0 Å². The lowest BCUT2D eigenvalue weighted by atomic mass is 9.95. The smallest absolute Gasteiger partial charge is 0.315 e. The van der Waals surface area contributed by atoms with Crippen LogP contribution in [0.1, 0.15) is 56.5 Å². The SMILES string of the molecule is CCc1cnc(C(C)NC(=O)NC(C)(CC)CCO)s1. The standard InChI is InChI=1S/C14H25N3O2S/c1-5-11-9-15-12(20-11)10(3)16-13(19)17-14(4,6-2)7-8-18/h9-10,18H,5-8H2,1-4H3,(H2,16,17,19).